The Morgan fingerprint density at radius 3 is 1.82 bits per heavy atom. The quantitative estimate of drug-likeness (QED) is 0.762. The van der Waals surface area contributed by atoms with Crippen molar-refractivity contribution in [3.63, 3.8) is 0 Å². The molecular formula is C18H31Cl2NO. The Labute approximate surface area is 146 Å². The first-order valence-corrected chi connectivity index (χ1v) is 8.83. The second-order valence-electron chi connectivity index (χ2n) is 6.12. The highest BCUT2D eigenvalue weighted by Gasteiger charge is 2.28. The van der Waals surface area contributed by atoms with E-state index in [2.05, 4.69) is 19.0 Å². The predicted octanol–water partition coefficient (Wildman–Crippen LogP) is 5.51. The summed E-state index contributed by atoms with van der Waals surface area (Å²) in [6.45, 7) is 7.13. The Hall–Kier alpha value is -0.280. The molecule has 1 N–H and O–H groups in total. The molecule has 128 valence electrons. The van der Waals surface area contributed by atoms with Crippen LogP contribution in [0.3, 0.4) is 0 Å². The second-order valence-corrected chi connectivity index (χ2v) is 6.93. The van der Waals surface area contributed by atoms with Gasteiger partial charge in [-0.05, 0) is 64.8 Å². The van der Waals surface area contributed by atoms with E-state index >= 15 is 0 Å². The van der Waals surface area contributed by atoms with Crippen LogP contribution in [0.15, 0.2) is 24.3 Å². The predicted molar refractivity (Wildman–Crippen MR) is 98.9 cm³/mol. The van der Waals surface area contributed by atoms with Gasteiger partial charge >= 0.3 is 0 Å². The van der Waals surface area contributed by atoms with E-state index in [4.69, 9.17) is 23.2 Å². The van der Waals surface area contributed by atoms with Crippen LogP contribution in [0.4, 0.5) is 0 Å². The maximum atomic E-state index is 9.71. The zero-order chi connectivity index (χ0) is 17.2. The molecule has 4 heteroatoms. The number of hydrogen-bond donors (Lipinski definition) is 1. The van der Waals surface area contributed by atoms with E-state index in [1.807, 2.05) is 32.9 Å². The van der Waals surface area contributed by atoms with Gasteiger partial charge in [0, 0.05) is 6.54 Å². The van der Waals surface area contributed by atoms with Crippen molar-refractivity contribution in [2.75, 3.05) is 20.6 Å². The first-order valence-electron chi connectivity index (χ1n) is 8.07. The SMILES string of the molecule is CC.CN(C)CC1CCC(C)(O)CC1.Clc1ccccc1Cl. The van der Waals surface area contributed by atoms with Gasteiger partial charge in [-0.15, -0.1) is 0 Å². The fourth-order valence-electron chi connectivity index (χ4n) is 2.44. The molecule has 0 bridgehead atoms. The Morgan fingerprint density at radius 2 is 1.50 bits per heavy atom. The Bertz CT molecular complexity index is 377. The zero-order valence-corrected chi connectivity index (χ0v) is 16.1. The van der Waals surface area contributed by atoms with Crippen molar-refractivity contribution in [3.8, 4) is 0 Å². The second kappa shape index (κ2) is 11.3. The van der Waals surface area contributed by atoms with Crippen molar-refractivity contribution in [2.24, 2.45) is 5.92 Å². The van der Waals surface area contributed by atoms with Gasteiger partial charge < -0.3 is 10.0 Å². The third-order valence-electron chi connectivity index (χ3n) is 3.63. The molecule has 0 heterocycles. The minimum atomic E-state index is -0.372. The highest BCUT2D eigenvalue weighted by atomic mass is 35.5. The van der Waals surface area contributed by atoms with Gasteiger partial charge in [-0.3, -0.25) is 0 Å². The fourth-order valence-corrected chi connectivity index (χ4v) is 2.71. The van der Waals surface area contributed by atoms with E-state index in [0.717, 1.165) is 18.8 Å². The van der Waals surface area contributed by atoms with Crippen LogP contribution in [-0.2, 0) is 0 Å². The molecule has 0 amide bonds. The Morgan fingerprint density at radius 1 is 1.09 bits per heavy atom. The summed E-state index contributed by atoms with van der Waals surface area (Å²) in [5.74, 6) is 0.806. The van der Waals surface area contributed by atoms with Crippen LogP contribution in [0.5, 0.6) is 0 Å². The lowest BCUT2D eigenvalue weighted by Gasteiger charge is -2.34. The van der Waals surface area contributed by atoms with Gasteiger partial charge in [0.25, 0.3) is 0 Å². The lowest BCUT2D eigenvalue weighted by Crippen LogP contribution is -2.33. The topological polar surface area (TPSA) is 23.5 Å². The van der Waals surface area contributed by atoms with Crippen LogP contribution in [0.25, 0.3) is 0 Å². The molecule has 0 unspecified atom stereocenters. The van der Waals surface area contributed by atoms with Crippen LogP contribution < -0.4 is 0 Å². The normalized spacial score (nSPS) is 24.0. The molecule has 1 aliphatic carbocycles. The van der Waals surface area contributed by atoms with E-state index < -0.39 is 0 Å². The van der Waals surface area contributed by atoms with Gasteiger partial charge in [-0.2, -0.15) is 0 Å². The highest BCUT2D eigenvalue weighted by Crippen LogP contribution is 2.31. The third kappa shape index (κ3) is 9.68. The molecule has 0 aliphatic heterocycles. The first kappa shape index (κ1) is 21.7. The van der Waals surface area contributed by atoms with E-state index in [1.165, 1.54) is 19.4 Å². The largest absolute Gasteiger partial charge is 0.390 e. The van der Waals surface area contributed by atoms with Gasteiger partial charge in [0.05, 0.1) is 15.6 Å². The molecule has 1 aromatic rings. The van der Waals surface area contributed by atoms with E-state index in [-0.39, 0.29) is 5.60 Å². The van der Waals surface area contributed by atoms with Crippen molar-refractivity contribution < 1.29 is 5.11 Å². The number of benzene rings is 1. The van der Waals surface area contributed by atoms with Gasteiger partial charge in [-0.1, -0.05) is 49.2 Å². The third-order valence-corrected chi connectivity index (χ3v) is 4.39. The summed E-state index contributed by atoms with van der Waals surface area (Å²) in [5, 5.41) is 10.9. The molecule has 1 aromatic carbocycles. The molecule has 2 rings (SSSR count). The summed E-state index contributed by atoms with van der Waals surface area (Å²) in [7, 11) is 4.24. The average Bonchev–Trinajstić information content (AvgIpc) is 2.47. The molecule has 1 saturated carbocycles. The molecular weight excluding hydrogens is 317 g/mol. The summed E-state index contributed by atoms with van der Waals surface area (Å²) in [6.07, 6.45) is 4.33. The molecule has 2 nitrogen and oxygen atoms in total. The summed E-state index contributed by atoms with van der Waals surface area (Å²) < 4.78 is 0. The van der Waals surface area contributed by atoms with E-state index in [1.54, 1.807) is 12.1 Å². The monoisotopic (exact) mass is 347 g/mol. The standard InChI is InChI=1S/C10H21NO.C6H4Cl2.C2H6/c1-10(12)6-4-9(5-7-10)8-11(2)3;7-5-3-1-2-4-6(5)8;1-2/h9,12H,4-8H2,1-3H3;1-4H;1-2H3. The van der Waals surface area contributed by atoms with Gasteiger partial charge in [0.2, 0.25) is 0 Å². The van der Waals surface area contributed by atoms with E-state index in [0.29, 0.717) is 10.0 Å². The van der Waals surface area contributed by atoms with Gasteiger partial charge in [0.15, 0.2) is 0 Å². The maximum Gasteiger partial charge on any atom is 0.0620 e. The average molecular weight is 348 g/mol. The fraction of sp³-hybridized carbons (Fsp3) is 0.667. The molecule has 1 aliphatic rings. The Balaban J connectivity index is 0.000000382. The van der Waals surface area contributed by atoms with Crippen LogP contribution in [0, 0.1) is 5.92 Å². The van der Waals surface area contributed by atoms with Crippen LogP contribution >= 0.6 is 23.2 Å². The van der Waals surface area contributed by atoms with Gasteiger partial charge in [-0.25, -0.2) is 0 Å². The van der Waals surface area contributed by atoms with Crippen LogP contribution in [0.1, 0.15) is 46.5 Å². The lowest BCUT2D eigenvalue weighted by molar-refractivity contribution is 0.00488. The first-order chi connectivity index (χ1) is 10.3. The number of rotatable bonds is 2. The number of hydrogen-bond acceptors (Lipinski definition) is 2. The Kier molecular flexibility index (Phi) is 11.1. The van der Waals surface area contributed by atoms with Crippen LogP contribution in [0.2, 0.25) is 10.0 Å². The number of aliphatic hydroxyl groups is 1. The van der Waals surface area contributed by atoms with Crippen molar-refractivity contribution >= 4 is 23.2 Å². The molecule has 0 radical (unpaired) electrons. The zero-order valence-electron chi connectivity index (χ0n) is 14.6. The summed E-state index contributed by atoms with van der Waals surface area (Å²) in [4.78, 5) is 2.24. The maximum absolute atomic E-state index is 9.71. The number of halogens is 2. The van der Waals surface area contributed by atoms with Crippen LogP contribution in [-0.4, -0.2) is 36.2 Å². The minimum Gasteiger partial charge on any atom is -0.390 e. The summed E-state index contributed by atoms with van der Waals surface area (Å²) >= 11 is 11.2. The van der Waals surface area contributed by atoms with E-state index in [9.17, 15) is 5.11 Å². The highest BCUT2D eigenvalue weighted by molar-refractivity contribution is 6.41. The van der Waals surface area contributed by atoms with Crippen molar-refractivity contribution in [1.29, 1.82) is 0 Å². The van der Waals surface area contributed by atoms with Gasteiger partial charge in [0.1, 0.15) is 0 Å². The molecule has 0 spiro atoms. The van der Waals surface area contributed by atoms with Crippen molar-refractivity contribution in [1.82, 2.24) is 4.90 Å². The summed E-state index contributed by atoms with van der Waals surface area (Å²) in [5.41, 5.74) is -0.372. The van der Waals surface area contributed by atoms with Crippen molar-refractivity contribution in [3.05, 3.63) is 34.3 Å². The minimum absolute atomic E-state index is 0.372. The molecule has 22 heavy (non-hydrogen) atoms. The molecule has 1 fully saturated rings. The molecule has 0 saturated heterocycles. The smallest absolute Gasteiger partial charge is 0.0620 e. The van der Waals surface area contributed by atoms with Crippen molar-refractivity contribution in [2.45, 2.75) is 52.1 Å². The number of nitrogens with zero attached hydrogens (tertiary/aromatic N) is 1. The summed E-state index contributed by atoms with van der Waals surface area (Å²) in [6, 6.07) is 7.19. The molecule has 0 aromatic heterocycles. The molecule has 0 atom stereocenters. The lowest BCUT2D eigenvalue weighted by atomic mass is 9.80.